The minimum atomic E-state index is -3.88. The fourth-order valence-corrected chi connectivity index (χ4v) is 3.80. The largest absolute Gasteiger partial charge is 0.283 e. The molecular weight excluding hydrogens is 324 g/mol. The molecule has 0 aliphatic carbocycles. The molecule has 1 atom stereocenters. The SMILES string of the molecule is Cc1ccc(S(N)(=O)=O)cc1NS(=O)(=O)CC(C)CCl. The van der Waals surface area contributed by atoms with E-state index >= 15 is 0 Å². The Morgan fingerprint density at radius 1 is 1.30 bits per heavy atom. The number of anilines is 1. The lowest BCUT2D eigenvalue weighted by Crippen LogP contribution is -2.23. The number of hydrogen-bond acceptors (Lipinski definition) is 4. The van der Waals surface area contributed by atoms with Crippen molar-refractivity contribution in [1.82, 2.24) is 0 Å². The minimum Gasteiger partial charge on any atom is -0.283 e. The summed E-state index contributed by atoms with van der Waals surface area (Å²) in [6, 6.07) is 4.01. The average molecular weight is 341 g/mol. The Morgan fingerprint density at radius 2 is 1.90 bits per heavy atom. The highest BCUT2D eigenvalue weighted by atomic mass is 35.5. The van der Waals surface area contributed by atoms with E-state index < -0.39 is 20.0 Å². The van der Waals surface area contributed by atoms with Gasteiger partial charge in [-0.3, -0.25) is 4.72 Å². The van der Waals surface area contributed by atoms with E-state index in [-0.39, 0.29) is 28.1 Å². The van der Waals surface area contributed by atoms with Crippen LogP contribution >= 0.6 is 11.6 Å². The van der Waals surface area contributed by atoms with Gasteiger partial charge in [0.2, 0.25) is 20.0 Å². The molecule has 0 amide bonds. The molecule has 3 N–H and O–H groups in total. The number of hydrogen-bond donors (Lipinski definition) is 2. The van der Waals surface area contributed by atoms with Crippen molar-refractivity contribution in [3.05, 3.63) is 23.8 Å². The van der Waals surface area contributed by atoms with Crippen LogP contribution in [-0.2, 0) is 20.0 Å². The highest BCUT2D eigenvalue weighted by Gasteiger charge is 2.17. The van der Waals surface area contributed by atoms with Crippen molar-refractivity contribution in [3.8, 4) is 0 Å². The van der Waals surface area contributed by atoms with E-state index in [0.717, 1.165) is 0 Å². The van der Waals surface area contributed by atoms with Gasteiger partial charge < -0.3 is 0 Å². The van der Waals surface area contributed by atoms with Gasteiger partial charge in [-0.2, -0.15) is 0 Å². The Balaban J connectivity index is 3.09. The van der Waals surface area contributed by atoms with Crippen LogP contribution in [0.1, 0.15) is 12.5 Å². The van der Waals surface area contributed by atoms with E-state index in [9.17, 15) is 16.8 Å². The van der Waals surface area contributed by atoms with Gasteiger partial charge in [0.05, 0.1) is 16.3 Å². The summed E-state index contributed by atoms with van der Waals surface area (Å²) >= 11 is 5.59. The third kappa shape index (κ3) is 4.93. The van der Waals surface area contributed by atoms with Crippen molar-refractivity contribution in [1.29, 1.82) is 0 Å². The maximum Gasteiger partial charge on any atom is 0.238 e. The molecule has 0 aliphatic heterocycles. The van der Waals surface area contributed by atoms with E-state index in [0.29, 0.717) is 5.56 Å². The number of primary sulfonamides is 1. The van der Waals surface area contributed by atoms with Crippen molar-refractivity contribution in [2.24, 2.45) is 11.1 Å². The van der Waals surface area contributed by atoms with Crippen molar-refractivity contribution >= 4 is 37.3 Å². The van der Waals surface area contributed by atoms with Gasteiger partial charge in [0, 0.05) is 5.88 Å². The summed E-state index contributed by atoms with van der Waals surface area (Å²) < 4.78 is 48.8. The van der Waals surface area contributed by atoms with E-state index in [1.807, 2.05) is 0 Å². The second kappa shape index (κ2) is 6.30. The van der Waals surface area contributed by atoms with E-state index in [1.165, 1.54) is 18.2 Å². The van der Waals surface area contributed by atoms with Gasteiger partial charge in [-0.1, -0.05) is 13.0 Å². The zero-order valence-corrected chi connectivity index (χ0v) is 13.5. The number of sulfonamides is 2. The second-order valence-corrected chi connectivity index (χ2v) is 8.30. The summed E-state index contributed by atoms with van der Waals surface area (Å²) in [4.78, 5) is -0.147. The number of nitrogens with one attached hydrogen (secondary N) is 1. The summed E-state index contributed by atoms with van der Waals surface area (Å²) in [5, 5.41) is 5.02. The van der Waals surface area contributed by atoms with E-state index in [1.54, 1.807) is 13.8 Å². The number of benzene rings is 1. The van der Waals surface area contributed by atoms with E-state index in [4.69, 9.17) is 16.7 Å². The lowest BCUT2D eigenvalue weighted by Gasteiger charge is -2.13. The van der Waals surface area contributed by atoms with Crippen molar-refractivity contribution in [2.75, 3.05) is 16.4 Å². The molecule has 1 aromatic rings. The molecule has 9 heteroatoms. The molecule has 114 valence electrons. The average Bonchev–Trinajstić information content (AvgIpc) is 2.29. The third-order valence-corrected chi connectivity index (χ3v) is 5.55. The highest BCUT2D eigenvalue weighted by Crippen LogP contribution is 2.21. The molecular formula is C11H17ClN2O4S2. The molecule has 0 aliphatic rings. The maximum atomic E-state index is 11.9. The first-order chi connectivity index (χ1) is 9.05. The van der Waals surface area contributed by atoms with Crippen LogP contribution in [0.25, 0.3) is 0 Å². The van der Waals surface area contributed by atoms with Gasteiger partial charge in [0.1, 0.15) is 0 Å². The first-order valence-electron chi connectivity index (χ1n) is 5.75. The lowest BCUT2D eigenvalue weighted by atomic mass is 10.2. The predicted octanol–water partition coefficient (Wildman–Crippen LogP) is 1.26. The standard InChI is InChI=1S/C11H17ClN2O4S2/c1-8(6-12)7-19(15,16)14-11-5-10(20(13,17)18)4-3-9(11)2/h3-5,8,14H,6-7H2,1-2H3,(H2,13,17,18). The monoisotopic (exact) mass is 340 g/mol. The zero-order chi connectivity index (χ0) is 15.6. The maximum absolute atomic E-state index is 11.9. The Labute approximate surface area is 124 Å². The van der Waals surface area contributed by atoms with Crippen molar-refractivity contribution < 1.29 is 16.8 Å². The minimum absolute atomic E-state index is 0.143. The molecule has 20 heavy (non-hydrogen) atoms. The number of alkyl halides is 1. The number of nitrogens with two attached hydrogens (primary N) is 1. The summed E-state index contributed by atoms with van der Waals surface area (Å²) in [5.74, 6) is -0.136. The van der Waals surface area contributed by atoms with Gasteiger partial charge in [0.25, 0.3) is 0 Å². The number of rotatable bonds is 6. The fraction of sp³-hybridized carbons (Fsp3) is 0.455. The molecule has 0 aromatic heterocycles. The van der Waals surface area contributed by atoms with Crippen LogP contribution in [-0.4, -0.2) is 28.5 Å². The molecule has 6 nitrogen and oxygen atoms in total. The molecule has 0 radical (unpaired) electrons. The third-order valence-electron chi connectivity index (χ3n) is 2.57. The Bertz CT molecular complexity index is 686. The molecule has 0 bridgehead atoms. The molecule has 1 aromatic carbocycles. The van der Waals surface area contributed by atoms with Crippen LogP contribution in [0.4, 0.5) is 5.69 Å². The quantitative estimate of drug-likeness (QED) is 0.760. The number of aryl methyl sites for hydroxylation is 1. The van der Waals surface area contributed by atoms with Crippen LogP contribution in [0, 0.1) is 12.8 Å². The summed E-state index contributed by atoms with van der Waals surface area (Å²) in [5.41, 5.74) is 0.790. The van der Waals surface area contributed by atoms with Gasteiger partial charge in [-0.05, 0) is 30.5 Å². The van der Waals surface area contributed by atoms with Crippen LogP contribution in [0.2, 0.25) is 0 Å². The van der Waals surface area contributed by atoms with Crippen LogP contribution in [0.15, 0.2) is 23.1 Å². The molecule has 0 spiro atoms. The van der Waals surface area contributed by atoms with Gasteiger partial charge in [-0.25, -0.2) is 22.0 Å². The predicted molar refractivity (Wildman–Crippen MR) is 79.8 cm³/mol. The molecule has 0 saturated carbocycles. The van der Waals surface area contributed by atoms with Gasteiger partial charge >= 0.3 is 0 Å². The van der Waals surface area contributed by atoms with Crippen molar-refractivity contribution in [3.63, 3.8) is 0 Å². The normalized spacial score (nSPS) is 14.0. The first-order valence-corrected chi connectivity index (χ1v) is 9.48. The van der Waals surface area contributed by atoms with Gasteiger partial charge in [0.15, 0.2) is 0 Å². The summed E-state index contributed by atoms with van der Waals surface area (Å²) in [6.45, 7) is 3.37. The molecule has 1 unspecified atom stereocenters. The van der Waals surface area contributed by atoms with E-state index in [2.05, 4.69) is 4.72 Å². The Kier molecular flexibility index (Phi) is 5.42. The summed E-state index contributed by atoms with van der Waals surface area (Å²) in [7, 11) is -7.48. The number of halogens is 1. The topological polar surface area (TPSA) is 106 Å². The smallest absolute Gasteiger partial charge is 0.238 e. The molecule has 0 saturated heterocycles. The highest BCUT2D eigenvalue weighted by molar-refractivity contribution is 7.92. The second-order valence-electron chi connectivity index (χ2n) is 4.66. The first kappa shape index (κ1) is 17.2. The zero-order valence-electron chi connectivity index (χ0n) is 11.1. The Hall–Kier alpha value is -0.830. The van der Waals surface area contributed by atoms with Gasteiger partial charge in [-0.15, -0.1) is 11.6 Å². The molecule has 0 heterocycles. The molecule has 1 rings (SSSR count). The Morgan fingerprint density at radius 3 is 2.40 bits per heavy atom. The van der Waals surface area contributed by atoms with Crippen LogP contribution in [0.3, 0.4) is 0 Å². The summed E-state index contributed by atoms with van der Waals surface area (Å²) in [6.07, 6.45) is 0. The lowest BCUT2D eigenvalue weighted by molar-refractivity contribution is 0.587. The van der Waals surface area contributed by atoms with Crippen LogP contribution < -0.4 is 9.86 Å². The molecule has 0 fully saturated rings. The fourth-order valence-electron chi connectivity index (χ4n) is 1.52. The van der Waals surface area contributed by atoms with Crippen molar-refractivity contribution in [2.45, 2.75) is 18.7 Å². The van der Waals surface area contributed by atoms with Crippen LogP contribution in [0.5, 0.6) is 0 Å².